The van der Waals surface area contributed by atoms with E-state index in [0.29, 0.717) is 43.0 Å². The van der Waals surface area contributed by atoms with Gasteiger partial charge in [0.15, 0.2) is 5.69 Å². The maximum atomic E-state index is 13.8. The molecule has 0 aliphatic carbocycles. The Morgan fingerprint density at radius 1 is 1.03 bits per heavy atom. The van der Waals surface area contributed by atoms with Crippen LogP contribution in [0.3, 0.4) is 0 Å². The minimum Gasteiger partial charge on any atom is -0.274 e. The fourth-order valence-corrected chi connectivity index (χ4v) is 6.81. The highest BCUT2D eigenvalue weighted by Gasteiger charge is 2.43. The third-order valence-corrected chi connectivity index (χ3v) is 8.50. The zero-order chi connectivity index (χ0) is 26.6. The van der Waals surface area contributed by atoms with Crippen LogP contribution in [0.15, 0.2) is 53.6 Å². The van der Waals surface area contributed by atoms with Crippen molar-refractivity contribution >= 4 is 36.4 Å². The highest BCUT2D eigenvalue weighted by molar-refractivity contribution is 7.93. The summed E-state index contributed by atoms with van der Waals surface area (Å²) in [5, 5.41) is 3.87. The average molecular weight is 552 g/mol. The molecule has 5 nitrogen and oxygen atoms in total. The Hall–Kier alpha value is -3.13. The number of thiophene rings is 1. The molecule has 0 fully saturated rings. The van der Waals surface area contributed by atoms with Crippen LogP contribution in [-0.2, 0) is 36.0 Å². The largest absolute Gasteiger partial charge is 0.436 e. The van der Waals surface area contributed by atoms with Gasteiger partial charge in [-0.2, -0.15) is 31.4 Å². The lowest BCUT2D eigenvalue weighted by Gasteiger charge is -2.24. The lowest BCUT2D eigenvalue weighted by atomic mass is 10.1. The van der Waals surface area contributed by atoms with Gasteiger partial charge in [0.05, 0.1) is 12.1 Å². The van der Waals surface area contributed by atoms with Crippen molar-refractivity contribution in [2.24, 2.45) is 7.05 Å². The number of rotatable bonds is 5. The third-order valence-electron chi connectivity index (χ3n) is 5.34. The quantitative estimate of drug-likeness (QED) is 0.266. The summed E-state index contributed by atoms with van der Waals surface area (Å²) in [6.07, 6.45) is -9.51. The smallest absolute Gasteiger partial charge is 0.274 e. The van der Waals surface area contributed by atoms with Gasteiger partial charge < -0.3 is 0 Å². The van der Waals surface area contributed by atoms with Crippen LogP contribution in [0, 0.1) is 12.7 Å². The van der Waals surface area contributed by atoms with E-state index in [1.807, 2.05) is 0 Å². The van der Waals surface area contributed by atoms with Crippen LogP contribution in [0.2, 0.25) is 0 Å². The van der Waals surface area contributed by atoms with E-state index in [-0.39, 0.29) is 10.6 Å². The Morgan fingerprint density at radius 2 is 1.69 bits per heavy atom. The summed E-state index contributed by atoms with van der Waals surface area (Å²) in [6.45, 7) is 0.766. The fourth-order valence-electron chi connectivity index (χ4n) is 3.69. The maximum absolute atomic E-state index is 13.8. The second kappa shape index (κ2) is 8.76. The summed E-state index contributed by atoms with van der Waals surface area (Å²) in [6, 6.07) is 8.64. The Morgan fingerprint density at radius 3 is 2.31 bits per heavy atom. The first-order valence-electron chi connectivity index (χ1n) is 10.1. The molecule has 2 heterocycles. The number of anilines is 1. The molecule has 0 aliphatic rings. The number of aromatic nitrogens is 2. The standard InChI is InChI=1S/C22H16F7N3O2S2/c1-12-14-5-3-4-6-17(14)35-20(12)32(10-13-7-8-16(23)15(9-13)21(24,25)26)36(33,34)18-11-31(2)30-19(18)22(27,28)29/h3-9,11H,10H2,1-2H3. The summed E-state index contributed by atoms with van der Waals surface area (Å²) >= 11 is 0.948. The molecule has 14 heteroatoms. The predicted octanol–water partition coefficient (Wildman–Crippen LogP) is 6.52. The van der Waals surface area contributed by atoms with E-state index in [1.165, 1.54) is 0 Å². The zero-order valence-electron chi connectivity index (χ0n) is 18.4. The summed E-state index contributed by atoms with van der Waals surface area (Å²) in [5.41, 5.74) is -3.16. The normalized spacial score (nSPS) is 12.9. The SMILES string of the molecule is Cc1c(N(Cc2ccc(F)c(C(F)(F)F)c2)S(=O)(=O)c2cn(C)nc2C(F)(F)F)sc2ccccc12. The van der Waals surface area contributed by atoms with E-state index in [9.17, 15) is 39.2 Å². The van der Waals surface area contributed by atoms with E-state index in [0.717, 1.165) is 24.5 Å². The molecule has 0 unspecified atom stereocenters. The molecular formula is C22H16F7N3O2S2. The predicted molar refractivity (Wildman–Crippen MR) is 120 cm³/mol. The first-order chi connectivity index (χ1) is 16.6. The molecule has 0 amide bonds. The summed E-state index contributed by atoms with van der Waals surface area (Å²) in [7, 11) is -3.90. The molecule has 192 valence electrons. The highest BCUT2D eigenvalue weighted by Crippen LogP contribution is 2.43. The van der Waals surface area contributed by atoms with Crippen LogP contribution >= 0.6 is 11.3 Å². The van der Waals surface area contributed by atoms with Gasteiger partial charge in [-0.3, -0.25) is 8.99 Å². The molecule has 4 aromatic rings. The molecule has 0 N–H and O–H groups in total. The molecule has 4 rings (SSSR count). The topological polar surface area (TPSA) is 55.2 Å². The van der Waals surface area contributed by atoms with Crippen LogP contribution in [0.4, 0.5) is 35.7 Å². The Bertz CT molecular complexity index is 1550. The van der Waals surface area contributed by atoms with Gasteiger partial charge in [0.1, 0.15) is 15.7 Å². The maximum Gasteiger partial charge on any atom is 0.436 e. The molecule has 36 heavy (non-hydrogen) atoms. The molecule has 0 saturated heterocycles. The third kappa shape index (κ3) is 4.66. The second-order valence-corrected chi connectivity index (χ2v) is 10.7. The van der Waals surface area contributed by atoms with Gasteiger partial charge in [0.25, 0.3) is 10.0 Å². The number of alkyl halides is 6. The monoisotopic (exact) mass is 551 g/mol. The van der Waals surface area contributed by atoms with Crippen LogP contribution in [0.25, 0.3) is 10.1 Å². The van der Waals surface area contributed by atoms with E-state index < -0.39 is 50.9 Å². The van der Waals surface area contributed by atoms with Crippen molar-refractivity contribution in [3.8, 4) is 0 Å². The molecule has 0 atom stereocenters. The number of nitrogens with zero attached hydrogens (tertiary/aromatic N) is 3. The number of sulfonamides is 1. The summed E-state index contributed by atoms with van der Waals surface area (Å²) in [5.74, 6) is -1.56. The molecule has 2 aromatic carbocycles. The van der Waals surface area contributed by atoms with Gasteiger partial charge in [-0.05, 0) is 41.6 Å². The van der Waals surface area contributed by atoms with Crippen molar-refractivity contribution in [1.29, 1.82) is 0 Å². The second-order valence-electron chi connectivity index (χ2n) is 7.87. The van der Waals surface area contributed by atoms with Crippen molar-refractivity contribution in [2.45, 2.75) is 30.7 Å². The number of aryl methyl sites for hydroxylation is 2. The number of hydrogen-bond donors (Lipinski definition) is 0. The molecule has 2 aromatic heterocycles. The number of halogens is 7. The molecule has 0 aliphatic heterocycles. The van der Waals surface area contributed by atoms with Gasteiger partial charge in [0, 0.05) is 17.9 Å². The van der Waals surface area contributed by atoms with Crippen LogP contribution < -0.4 is 4.31 Å². The van der Waals surface area contributed by atoms with Gasteiger partial charge in [-0.15, -0.1) is 11.3 Å². The van der Waals surface area contributed by atoms with E-state index >= 15 is 0 Å². The zero-order valence-corrected chi connectivity index (χ0v) is 20.1. The van der Waals surface area contributed by atoms with Gasteiger partial charge in [-0.1, -0.05) is 24.3 Å². The van der Waals surface area contributed by atoms with Crippen molar-refractivity contribution in [2.75, 3.05) is 4.31 Å². The minimum absolute atomic E-state index is 0.00561. The molecule has 0 saturated carbocycles. The first-order valence-corrected chi connectivity index (χ1v) is 12.3. The molecular weight excluding hydrogens is 535 g/mol. The Labute approximate surface area is 204 Å². The van der Waals surface area contributed by atoms with Crippen molar-refractivity contribution in [3.05, 3.63) is 76.9 Å². The lowest BCUT2D eigenvalue weighted by Crippen LogP contribution is -2.32. The average Bonchev–Trinajstić information content (AvgIpc) is 3.33. The van der Waals surface area contributed by atoms with Crippen molar-refractivity contribution in [1.82, 2.24) is 9.78 Å². The van der Waals surface area contributed by atoms with E-state index in [2.05, 4.69) is 5.10 Å². The van der Waals surface area contributed by atoms with Crippen molar-refractivity contribution < 1.29 is 39.2 Å². The molecule has 0 bridgehead atoms. The van der Waals surface area contributed by atoms with E-state index in [4.69, 9.17) is 0 Å². The summed E-state index contributed by atoms with van der Waals surface area (Å²) < 4.78 is 124. The van der Waals surface area contributed by atoms with E-state index in [1.54, 1.807) is 31.2 Å². The Kier molecular flexibility index (Phi) is 6.32. The number of fused-ring (bicyclic) bond motifs is 1. The van der Waals surface area contributed by atoms with Crippen molar-refractivity contribution in [3.63, 3.8) is 0 Å². The lowest BCUT2D eigenvalue weighted by molar-refractivity contribution is -0.143. The number of hydrogen-bond acceptors (Lipinski definition) is 4. The highest BCUT2D eigenvalue weighted by atomic mass is 32.2. The molecule has 0 spiro atoms. The first kappa shape index (κ1) is 25.9. The Balaban J connectivity index is 1.94. The molecule has 0 radical (unpaired) electrons. The van der Waals surface area contributed by atoms with Crippen LogP contribution in [-0.4, -0.2) is 18.2 Å². The van der Waals surface area contributed by atoms with Gasteiger partial charge in [0.2, 0.25) is 0 Å². The number of benzene rings is 2. The van der Waals surface area contributed by atoms with Gasteiger partial charge >= 0.3 is 12.4 Å². The summed E-state index contributed by atoms with van der Waals surface area (Å²) in [4.78, 5) is -1.16. The van der Waals surface area contributed by atoms with Crippen LogP contribution in [0.1, 0.15) is 22.4 Å². The fraction of sp³-hybridized carbons (Fsp3) is 0.227. The van der Waals surface area contributed by atoms with Gasteiger partial charge in [-0.25, -0.2) is 12.8 Å². The minimum atomic E-state index is -5.12. The van der Waals surface area contributed by atoms with Crippen LogP contribution in [0.5, 0.6) is 0 Å².